The average molecular weight is 342 g/mol. The van der Waals surface area contributed by atoms with Gasteiger partial charge in [-0.2, -0.15) is 9.97 Å². The normalized spacial score (nSPS) is 10.3. The van der Waals surface area contributed by atoms with E-state index in [1.165, 1.54) is 6.92 Å². The lowest BCUT2D eigenvalue weighted by Gasteiger charge is -2.08. The van der Waals surface area contributed by atoms with Crippen molar-refractivity contribution in [1.82, 2.24) is 15.0 Å². The molecule has 0 aliphatic heterocycles. The quantitative estimate of drug-likeness (QED) is 0.865. The SMILES string of the molecule is CC(=O)c1ccc(Nc2nc(C)nc(Cl)n2)c(Br)c1. The van der Waals surface area contributed by atoms with E-state index in [1.807, 2.05) is 0 Å². The van der Waals surface area contributed by atoms with E-state index in [-0.39, 0.29) is 11.1 Å². The van der Waals surface area contributed by atoms with Crippen LogP contribution in [0.15, 0.2) is 22.7 Å². The summed E-state index contributed by atoms with van der Waals surface area (Å²) in [5.74, 6) is 0.888. The van der Waals surface area contributed by atoms with Crippen LogP contribution in [0.4, 0.5) is 11.6 Å². The number of anilines is 2. The van der Waals surface area contributed by atoms with Gasteiger partial charge in [0.1, 0.15) is 5.82 Å². The molecule has 0 atom stereocenters. The number of ketones is 1. The first-order chi connectivity index (χ1) is 8.95. The Balaban J connectivity index is 2.30. The number of nitrogens with zero attached hydrogens (tertiary/aromatic N) is 3. The number of aryl methyl sites for hydroxylation is 1. The minimum absolute atomic E-state index is 0.00583. The lowest BCUT2D eigenvalue weighted by Crippen LogP contribution is -2.02. The van der Waals surface area contributed by atoms with Crippen molar-refractivity contribution in [2.24, 2.45) is 0 Å². The highest BCUT2D eigenvalue weighted by atomic mass is 79.9. The lowest BCUT2D eigenvalue weighted by atomic mass is 10.1. The Bertz CT molecular complexity index is 627. The molecule has 0 bridgehead atoms. The molecule has 1 aromatic heterocycles. The van der Waals surface area contributed by atoms with Crippen molar-refractivity contribution in [1.29, 1.82) is 0 Å². The van der Waals surface area contributed by atoms with Gasteiger partial charge in [0.15, 0.2) is 5.78 Å². The summed E-state index contributed by atoms with van der Waals surface area (Å²) in [6.45, 7) is 3.25. The third-order valence-electron chi connectivity index (χ3n) is 2.34. The van der Waals surface area contributed by atoms with Gasteiger partial charge in [0.05, 0.1) is 5.69 Å². The Morgan fingerprint density at radius 2 is 2.05 bits per heavy atom. The van der Waals surface area contributed by atoms with Crippen LogP contribution in [0.2, 0.25) is 5.28 Å². The van der Waals surface area contributed by atoms with Crippen LogP contribution in [-0.2, 0) is 0 Å². The Kier molecular flexibility index (Phi) is 4.11. The fraction of sp³-hybridized carbons (Fsp3) is 0.167. The van der Waals surface area contributed by atoms with Crippen molar-refractivity contribution < 1.29 is 4.79 Å². The van der Waals surface area contributed by atoms with Gasteiger partial charge < -0.3 is 5.32 Å². The highest BCUT2D eigenvalue weighted by Gasteiger charge is 2.07. The van der Waals surface area contributed by atoms with Gasteiger partial charge in [-0.25, -0.2) is 4.98 Å². The number of Topliss-reactive ketones (excluding diaryl/α,β-unsaturated/α-hetero) is 1. The standard InChI is InChI=1S/C12H10BrClN4O/c1-6(19)8-3-4-10(9(13)5-8)17-12-16-7(2)15-11(14)18-12/h3-5H,1-2H3,(H,15,16,17,18). The van der Waals surface area contributed by atoms with Crippen molar-refractivity contribution in [3.8, 4) is 0 Å². The summed E-state index contributed by atoms with van der Waals surface area (Å²) in [4.78, 5) is 23.2. The van der Waals surface area contributed by atoms with Crippen LogP contribution in [0.25, 0.3) is 0 Å². The summed E-state index contributed by atoms with van der Waals surface area (Å²) in [5.41, 5.74) is 1.37. The lowest BCUT2D eigenvalue weighted by molar-refractivity contribution is 0.101. The van der Waals surface area contributed by atoms with Crippen LogP contribution in [0.3, 0.4) is 0 Å². The molecule has 0 radical (unpaired) electrons. The second-order valence-corrected chi connectivity index (χ2v) is 5.04. The fourth-order valence-electron chi connectivity index (χ4n) is 1.46. The summed E-state index contributed by atoms with van der Waals surface area (Å²) < 4.78 is 0.745. The first-order valence-electron chi connectivity index (χ1n) is 5.41. The summed E-state index contributed by atoms with van der Waals surface area (Å²) >= 11 is 9.16. The number of benzene rings is 1. The summed E-state index contributed by atoms with van der Waals surface area (Å²) in [6.07, 6.45) is 0. The smallest absolute Gasteiger partial charge is 0.231 e. The van der Waals surface area contributed by atoms with Gasteiger partial charge in [0, 0.05) is 10.0 Å². The Labute approximate surface area is 123 Å². The molecule has 0 saturated carbocycles. The number of carbonyl (C=O) groups is 1. The Morgan fingerprint density at radius 3 is 2.63 bits per heavy atom. The van der Waals surface area contributed by atoms with E-state index in [0.717, 1.165) is 10.2 Å². The average Bonchev–Trinajstić information content (AvgIpc) is 2.30. The van der Waals surface area contributed by atoms with Gasteiger partial charge in [-0.05, 0) is 59.6 Å². The van der Waals surface area contributed by atoms with Gasteiger partial charge >= 0.3 is 0 Å². The van der Waals surface area contributed by atoms with E-state index in [4.69, 9.17) is 11.6 Å². The van der Waals surface area contributed by atoms with Gasteiger partial charge in [-0.1, -0.05) is 0 Å². The van der Waals surface area contributed by atoms with Crippen molar-refractivity contribution in [3.05, 3.63) is 39.3 Å². The molecule has 0 spiro atoms. The molecule has 0 fully saturated rings. The Hall–Kier alpha value is -1.53. The summed E-state index contributed by atoms with van der Waals surface area (Å²) in [5, 5.41) is 3.15. The van der Waals surface area contributed by atoms with Gasteiger partial charge in [-0.3, -0.25) is 4.79 Å². The van der Waals surface area contributed by atoms with E-state index < -0.39 is 0 Å². The van der Waals surface area contributed by atoms with Crippen LogP contribution in [0, 0.1) is 6.92 Å². The number of hydrogen-bond acceptors (Lipinski definition) is 5. The third-order valence-corrected chi connectivity index (χ3v) is 3.17. The number of hydrogen-bond donors (Lipinski definition) is 1. The molecule has 2 rings (SSSR count). The minimum Gasteiger partial charge on any atom is -0.323 e. The number of aromatic nitrogens is 3. The number of rotatable bonds is 3. The molecule has 2 aromatic rings. The molecule has 0 aliphatic rings. The van der Waals surface area contributed by atoms with Crippen LogP contribution >= 0.6 is 27.5 Å². The fourth-order valence-corrected chi connectivity index (χ4v) is 2.14. The third kappa shape index (κ3) is 3.48. The predicted octanol–water partition coefficient (Wildman–Crippen LogP) is 3.54. The first-order valence-corrected chi connectivity index (χ1v) is 6.58. The van der Waals surface area contributed by atoms with Crippen LogP contribution < -0.4 is 5.32 Å². The second-order valence-electron chi connectivity index (χ2n) is 3.85. The highest BCUT2D eigenvalue weighted by Crippen LogP contribution is 2.26. The molecular weight excluding hydrogens is 332 g/mol. The molecule has 98 valence electrons. The first kappa shape index (κ1) is 13.9. The summed E-state index contributed by atoms with van der Waals surface area (Å²) in [6, 6.07) is 5.24. The van der Waals surface area contributed by atoms with Crippen LogP contribution in [-0.4, -0.2) is 20.7 Å². The largest absolute Gasteiger partial charge is 0.323 e. The maximum absolute atomic E-state index is 11.3. The molecule has 1 aromatic carbocycles. The van der Waals surface area contributed by atoms with Gasteiger partial charge in [0.25, 0.3) is 0 Å². The van der Waals surface area contributed by atoms with E-state index in [2.05, 4.69) is 36.2 Å². The van der Waals surface area contributed by atoms with Crippen LogP contribution in [0.5, 0.6) is 0 Å². The zero-order chi connectivity index (χ0) is 14.0. The van der Waals surface area contributed by atoms with E-state index in [0.29, 0.717) is 17.3 Å². The number of halogens is 2. The molecule has 0 aliphatic carbocycles. The second kappa shape index (κ2) is 5.63. The van der Waals surface area contributed by atoms with Crippen LogP contribution in [0.1, 0.15) is 23.1 Å². The van der Waals surface area contributed by atoms with Gasteiger partial charge in [-0.15, -0.1) is 0 Å². The molecule has 0 unspecified atom stereocenters. The minimum atomic E-state index is 0.00583. The molecule has 1 N–H and O–H groups in total. The van der Waals surface area contributed by atoms with Gasteiger partial charge in [0.2, 0.25) is 11.2 Å². The predicted molar refractivity (Wildman–Crippen MR) is 77.0 cm³/mol. The maximum atomic E-state index is 11.3. The molecular formula is C12H10BrClN4O. The topological polar surface area (TPSA) is 67.8 Å². The van der Waals surface area contributed by atoms with Crippen molar-refractivity contribution in [2.45, 2.75) is 13.8 Å². The van der Waals surface area contributed by atoms with Crippen molar-refractivity contribution >= 4 is 44.9 Å². The molecule has 7 heteroatoms. The monoisotopic (exact) mass is 340 g/mol. The molecule has 0 amide bonds. The van der Waals surface area contributed by atoms with E-state index in [1.54, 1.807) is 25.1 Å². The zero-order valence-corrected chi connectivity index (χ0v) is 12.6. The summed E-state index contributed by atoms with van der Waals surface area (Å²) in [7, 11) is 0. The molecule has 1 heterocycles. The van der Waals surface area contributed by atoms with Crippen molar-refractivity contribution in [3.63, 3.8) is 0 Å². The molecule has 19 heavy (non-hydrogen) atoms. The molecule has 0 saturated heterocycles. The van der Waals surface area contributed by atoms with E-state index >= 15 is 0 Å². The highest BCUT2D eigenvalue weighted by molar-refractivity contribution is 9.10. The van der Waals surface area contributed by atoms with Crippen molar-refractivity contribution in [2.75, 3.05) is 5.32 Å². The Morgan fingerprint density at radius 1 is 1.32 bits per heavy atom. The van der Waals surface area contributed by atoms with E-state index in [9.17, 15) is 4.79 Å². The maximum Gasteiger partial charge on any atom is 0.231 e. The number of carbonyl (C=O) groups excluding carboxylic acids is 1. The zero-order valence-electron chi connectivity index (χ0n) is 10.2. The number of nitrogens with one attached hydrogen (secondary N) is 1. The molecule has 5 nitrogen and oxygen atoms in total.